The molecule has 0 atom stereocenters. The van der Waals surface area contributed by atoms with Crippen LogP contribution >= 0.6 is 11.6 Å². The summed E-state index contributed by atoms with van der Waals surface area (Å²) in [4.78, 5) is 1.97. The van der Waals surface area contributed by atoms with Crippen molar-refractivity contribution >= 4 is 23.0 Å². The van der Waals surface area contributed by atoms with Gasteiger partial charge in [-0.15, -0.1) is 0 Å². The van der Waals surface area contributed by atoms with Crippen molar-refractivity contribution in [2.75, 3.05) is 36.8 Å². The van der Waals surface area contributed by atoms with Gasteiger partial charge in [0.05, 0.1) is 16.4 Å². The van der Waals surface area contributed by atoms with Crippen molar-refractivity contribution in [2.24, 2.45) is 0 Å². The van der Waals surface area contributed by atoms with E-state index in [9.17, 15) is 4.39 Å². The Bertz CT molecular complexity index is 364. The molecule has 1 fully saturated rings. The van der Waals surface area contributed by atoms with E-state index in [2.05, 4.69) is 5.32 Å². The molecule has 82 valence electrons. The molecule has 0 unspecified atom stereocenters. The first-order valence-electron chi connectivity index (χ1n) is 4.88. The largest absolute Gasteiger partial charge is 0.397 e. The summed E-state index contributed by atoms with van der Waals surface area (Å²) in [6.45, 7) is 3.30. The minimum Gasteiger partial charge on any atom is -0.397 e. The highest BCUT2D eigenvalue weighted by Gasteiger charge is 2.15. The van der Waals surface area contributed by atoms with Crippen LogP contribution in [0.25, 0.3) is 0 Å². The highest BCUT2D eigenvalue weighted by Crippen LogP contribution is 2.28. The van der Waals surface area contributed by atoms with Gasteiger partial charge in [-0.25, -0.2) is 4.39 Å². The van der Waals surface area contributed by atoms with Gasteiger partial charge in [-0.05, 0) is 6.07 Å². The standard InChI is InChI=1S/C10H13ClFN3/c11-7-5-10(8(12)6-9(7)13)15-3-1-14-2-4-15/h5-6,14H,1-4,13H2. The minimum absolute atomic E-state index is 0.285. The van der Waals surface area contributed by atoms with E-state index in [1.807, 2.05) is 4.90 Å². The third-order valence-corrected chi connectivity index (χ3v) is 2.85. The van der Waals surface area contributed by atoms with Crippen molar-refractivity contribution in [3.05, 3.63) is 23.0 Å². The zero-order valence-corrected chi connectivity index (χ0v) is 9.02. The predicted molar refractivity (Wildman–Crippen MR) is 60.9 cm³/mol. The number of nitrogen functional groups attached to an aromatic ring is 1. The number of nitrogens with one attached hydrogen (secondary N) is 1. The molecule has 1 heterocycles. The Hall–Kier alpha value is -1.00. The van der Waals surface area contributed by atoms with Crippen LogP contribution in [0.3, 0.4) is 0 Å². The summed E-state index contributed by atoms with van der Waals surface area (Å²) >= 11 is 5.87. The third-order valence-electron chi connectivity index (χ3n) is 2.52. The van der Waals surface area contributed by atoms with E-state index in [4.69, 9.17) is 17.3 Å². The molecule has 1 aliphatic heterocycles. The lowest BCUT2D eigenvalue weighted by Crippen LogP contribution is -2.43. The van der Waals surface area contributed by atoms with Gasteiger partial charge in [-0.1, -0.05) is 11.6 Å². The zero-order valence-electron chi connectivity index (χ0n) is 8.26. The summed E-state index contributed by atoms with van der Waals surface area (Å²) < 4.78 is 13.6. The first kappa shape index (κ1) is 10.5. The SMILES string of the molecule is Nc1cc(F)c(N2CCNCC2)cc1Cl. The van der Waals surface area contributed by atoms with Crippen LogP contribution < -0.4 is 16.0 Å². The van der Waals surface area contributed by atoms with Gasteiger partial charge in [-0.2, -0.15) is 0 Å². The summed E-state index contributed by atoms with van der Waals surface area (Å²) in [5.74, 6) is -0.307. The molecule has 0 radical (unpaired) electrons. The van der Waals surface area contributed by atoms with Crippen molar-refractivity contribution in [3.8, 4) is 0 Å². The summed E-state index contributed by atoms with van der Waals surface area (Å²) in [7, 11) is 0. The number of hydrogen-bond donors (Lipinski definition) is 2. The lowest BCUT2D eigenvalue weighted by atomic mass is 10.2. The van der Waals surface area contributed by atoms with Crippen LogP contribution in [0.1, 0.15) is 0 Å². The molecule has 1 aliphatic rings. The van der Waals surface area contributed by atoms with Crippen LogP contribution in [0.5, 0.6) is 0 Å². The smallest absolute Gasteiger partial charge is 0.148 e. The Labute approximate surface area is 93.0 Å². The molecule has 3 N–H and O–H groups in total. The molecule has 1 saturated heterocycles. The minimum atomic E-state index is -0.307. The van der Waals surface area contributed by atoms with Crippen LogP contribution in [-0.4, -0.2) is 26.2 Å². The fraction of sp³-hybridized carbons (Fsp3) is 0.400. The number of nitrogens with two attached hydrogens (primary N) is 1. The Balaban J connectivity index is 2.30. The molecule has 0 aliphatic carbocycles. The van der Waals surface area contributed by atoms with Crippen molar-refractivity contribution in [1.29, 1.82) is 0 Å². The summed E-state index contributed by atoms with van der Waals surface area (Å²) in [6, 6.07) is 2.87. The van der Waals surface area contributed by atoms with Gasteiger partial charge in [0.15, 0.2) is 0 Å². The Morgan fingerprint density at radius 3 is 2.67 bits per heavy atom. The molecule has 0 amide bonds. The number of piperazine rings is 1. The number of halogens is 2. The first-order valence-corrected chi connectivity index (χ1v) is 5.26. The molecule has 0 aromatic heterocycles. The van der Waals surface area contributed by atoms with E-state index in [1.165, 1.54) is 6.07 Å². The van der Waals surface area contributed by atoms with Crippen molar-refractivity contribution in [1.82, 2.24) is 5.32 Å². The number of benzene rings is 1. The predicted octanol–water partition coefficient (Wildman–Crippen LogP) is 1.47. The highest BCUT2D eigenvalue weighted by atomic mass is 35.5. The van der Waals surface area contributed by atoms with Crippen molar-refractivity contribution in [2.45, 2.75) is 0 Å². The van der Waals surface area contributed by atoms with E-state index in [0.717, 1.165) is 26.2 Å². The number of rotatable bonds is 1. The van der Waals surface area contributed by atoms with Crippen LogP contribution in [0.4, 0.5) is 15.8 Å². The van der Waals surface area contributed by atoms with Crippen LogP contribution in [0, 0.1) is 5.82 Å². The second kappa shape index (κ2) is 4.24. The molecular formula is C10H13ClFN3. The van der Waals surface area contributed by atoms with E-state index < -0.39 is 0 Å². The van der Waals surface area contributed by atoms with Gasteiger partial charge < -0.3 is 16.0 Å². The molecule has 3 nitrogen and oxygen atoms in total. The summed E-state index contributed by atoms with van der Waals surface area (Å²) in [5, 5.41) is 3.62. The number of hydrogen-bond acceptors (Lipinski definition) is 3. The van der Waals surface area contributed by atoms with Gasteiger partial charge in [0.2, 0.25) is 0 Å². The van der Waals surface area contributed by atoms with Gasteiger partial charge >= 0.3 is 0 Å². The molecule has 0 bridgehead atoms. The van der Waals surface area contributed by atoms with Crippen LogP contribution in [-0.2, 0) is 0 Å². The lowest BCUT2D eigenvalue weighted by molar-refractivity contribution is 0.566. The maximum Gasteiger partial charge on any atom is 0.148 e. The number of anilines is 2. The molecule has 0 saturated carbocycles. The fourth-order valence-electron chi connectivity index (χ4n) is 1.70. The Morgan fingerprint density at radius 1 is 1.33 bits per heavy atom. The third kappa shape index (κ3) is 2.16. The summed E-state index contributed by atoms with van der Waals surface area (Å²) in [5.41, 5.74) is 6.34. The van der Waals surface area contributed by atoms with Crippen molar-refractivity contribution in [3.63, 3.8) is 0 Å². The molecular weight excluding hydrogens is 217 g/mol. The van der Waals surface area contributed by atoms with E-state index >= 15 is 0 Å². The average Bonchev–Trinajstić information content (AvgIpc) is 2.25. The maximum atomic E-state index is 13.6. The van der Waals surface area contributed by atoms with Crippen molar-refractivity contribution < 1.29 is 4.39 Å². The fourth-order valence-corrected chi connectivity index (χ4v) is 1.86. The molecule has 2 rings (SSSR count). The molecule has 15 heavy (non-hydrogen) atoms. The molecule has 1 aromatic carbocycles. The molecule has 5 heteroatoms. The second-order valence-corrected chi connectivity index (χ2v) is 3.97. The Kier molecular flexibility index (Phi) is 2.98. The monoisotopic (exact) mass is 229 g/mol. The summed E-state index contributed by atoms with van der Waals surface area (Å²) in [6.07, 6.45) is 0. The van der Waals surface area contributed by atoms with E-state index in [1.54, 1.807) is 6.07 Å². The van der Waals surface area contributed by atoms with Gasteiger partial charge in [-0.3, -0.25) is 0 Å². The molecule has 0 spiro atoms. The topological polar surface area (TPSA) is 41.3 Å². The van der Waals surface area contributed by atoms with Gasteiger partial charge in [0.1, 0.15) is 5.82 Å². The number of nitrogens with zero attached hydrogens (tertiary/aromatic N) is 1. The average molecular weight is 230 g/mol. The highest BCUT2D eigenvalue weighted by molar-refractivity contribution is 6.33. The normalized spacial score (nSPS) is 16.8. The van der Waals surface area contributed by atoms with Crippen LogP contribution in [0.15, 0.2) is 12.1 Å². The van der Waals surface area contributed by atoms with Gasteiger partial charge in [0, 0.05) is 32.2 Å². The lowest BCUT2D eigenvalue weighted by Gasteiger charge is -2.29. The van der Waals surface area contributed by atoms with Gasteiger partial charge in [0.25, 0.3) is 0 Å². The van der Waals surface area contributed by atoms with E-state index in [-0.39, 0.29) is 11.5 Å². The molecule has 1 aromatic rings. The Morgan fingerprint density at radius 2 is 2.00 bits per heavy atom. The quantitative estimate of drug-likeness (QED) is 0.717. The first-order chi connectivity index (χ1) is 7.18. The maximum absolute atomic E-state index is 13.6. The second-order valence-electron chi connectivity index (χ2n) is 3.56. The van der Waals surface area contributed by atoms with E-state index in [0.29, 0.717) is 10.7 Å². The zero-order chi connectivity index (χ0) is 10.8. The van der Waals surface area contributed by atoms with Crippen LogP contribution in [0.2, 0.25) is 5.02 Å².